The highest BCUT2D eigenvalue weighted by molar-refractivity contribution is 8.26. The summed E-state index contributed by atoms with van der Waals surface area (Å²) in [7, 11) is 0. The molecule has 1 aliphatic heterocycles. The molecule has 7 nitrogen and oxygen atoms in total. The van der Waals surface area contributed by atoms with Crippen LogP contribution in [0.3, 0.4) is 0 Å². The van der Waals surface area contributed by atoms with Gasteiger partial charge in [-0.3, -0.25) is 14.5 Å². The summed E-state index contributed by atoms with van der Waals surface area (Å²) in [6, 6.07) is 7.76. The average molecular weight is 613 g/mol. The lowest BCUT2D eigenvalue weighted by molar-refractivity contribution is -0.122. The zero-order valence-electron chi connectivity index (χ0n) is 23.5. The van der Waals surface area contributed by atoms with Crippen LogP contribution in [-0.4, -0.2) is 46.3 Å². The predicted octanol–water partition coefficient (Wildman–Crippen LogP) is 6.99. The Hall–Kier alpha value is -2.69. The molecule has 10 heteroatoms. The Morgan fingerprint density at radius 3 is 2.73 bits per heavy atom. The fraction of sp³-hybridized carbons (Fsp3) is 0.484. The van der Waals surface area contributed by atoms with Gasteiger partial charge in [-0.2, -0.15) is 0 Å². The molecule has 1 N–H and O–H groups in total. The molecule has 2 amide bonds. The molecule has 1 atom stereocenters. The lowest BCUT2D eigenvalue weighted by atomic mass is 9.88. The van der Waals surface area contributed by atoms with Crippen LogP contribution in [0.15, 0.2) is 29.2 Å². The van der Waals surface area contributed by atoms with Crippen molar-refractivity contribution in [2.75, 3.05) is 18.5 Å². The lowest BCUT2D eigenvalue weighted by Crippen LogP contribution is -2.31. The Morgan fingerprint density at radius 1 is 1.17 bits per heavy atom. The Bertz CT molecular complexity index is 1360. The van der Waals surface area contributed by atoms with Crippen LogP contribution < -0.4 is 10.1 Å². The zero-order valence-corrected chi connectivity index (χ0v) is 26.0. The highest BCUT2D eigenvalue weighted by atomic mass is 32.2. The van der Waals surface area contributed by atoms with Gasteiger partial charge in [-0.15, -0.1) is 11.3 Å². The molecule has 1 saturated carbocycles. The van der Waals surface area contributed by atoms with Crippen molar-refractivity contribution in [2.24, 2.45) is 5.92 Å². The standard InChI is InChI=1S/C31H36N2O5S3/c1-3-37-30(36)27-22-14-13-19(2)17-24(22)40-28(27)32-26(34)15-16-33-29(35)25(41-31(33)39)18-20-9-7-8-12-23(20)38-21-10-5-4-6-11-21/h7-9,12,18-19,21H,3-6,10-11,13-17H2,1-2H3,(H,32,34)/b25-18-. The molecule has 0 radical (unpaired) electrons. The number of amides is 2. The molecular formula is C31H36N2O5S3. The van der Waals surface area contributed by atoms with Crippen molar-refractivity contribution in [3.05, 3.63) is 50.7 Å². The van der Waals surface area contributed by atoms with Gasteiger partial charge in [0.2, 0.25) is 5.91 Å². The number of para-hydroxylation sites is 1. The van der Waals surface area contributed by atoms with E-state index in [4.69, 9.17) is 21.7 Å². The number of benzene rings is 1. The molecule has 2 aliphatic carbocycles. The summed E-state index contributed by atoms with van der Waals surface area (Å²) in [5.41, 5.74) is 2.32. The van der Waals surface area contributed by atoms with Crippen molar-refractivity contribution >= 4 is 68.5 Å². The number of ether oxygens (including phenoxy) is 2. The molecular weight excluding hydrogens is 577 g/mol. The number of rotatable bonds is 9. The summed E-state index contributed by atoms with van der Waals surface area (Å²) in [5, 5.41) is 3.47. The van der Waals surface area contributed by atoms with Crippen LogP contribution in [0.5, 0.6) is 5.75 Å². The van der Waals surface area contributed by atoms with Gasteiger partial charge in [0.15, 0.2) is 0 Å². The topological polar surface area (TPSA) is 84.9 Å². The normalized spacial score (nSPS) is 20.3. The highest BCUT2D eigenvalue weighted by Gasteiger charge is 2.33. The maximum Gasteiger partial charge on any atom is 0.341 e. The summed E-state index contributed by atoms with van der Waals surface area (Å²) in [6.07, 6.45) is 10.5. The summed E-state index contributed by atoms with van der Waals surface area (Å²) in [4.78, 5) is 42.2. The van der Waals surface area contributed by atoms with Gasteiger partial charge in [-0.25, -0.2) is 4.79 Å². The van der Waals surface area contributed by atoms with Gasteiger partial charge in [0.1, 0.15) is 15.1 Å². The van der Waals surface area contributed by atoms with Gasteiger partial charge in [0.05, 0.1) is 23.2 Å². The molecule has 1 saturated heterocycles. The first-order valence-electron chi connectivity index (χ1n) is 14.5. The Balaban J connectivity index is 1.24. The molecule has 2 fully saturated rings. The van der Waals surface area contributed by atoms with Crippen LogP contribution in [0.25, 0.3) is 6.08 Å². The van der Waals surface area contributed by atoms with E-state index in [1.807, 2.05) is 30.3 Å². The van der Waals surface area contributed by atoms with Crippen molar-refractivity contribution in [2.45, 2.75) is 77.7 Å². The number of esters is 1. The molecule has 1 aromatic carbocycles. The highest BCUT2D eigenvalue weighted by Crippen LogP contribution is 2.40. The van der Waals surface area contributed by atoms with Gasteiger partial charge in [0.25, 0.3) is 5.91 Å². The van der Waals surface area contributed by atoms with Gasteiger partial charge < -0.3 is 14.8 Å². The molecule has 1 unspecified atom stereocenters. The number of anilines is 1. The summed E-state index contributed by atoms with van der Waals surface area (Å²) < 4.78 is 12.0. The minimum absolute atomic E-state index is 0.0579. The third-order valence-electron chi connectivity index (χ3n) is 7.73. The van der Waals surface area contributed by atoms with Crippen molar-refractivity contribution in [3.8, 4) is 5.75 Å². The summed E-state index contributed by atoms with van der Waals surface area (Å²) >= 11 is 8.21. The minimum Gasteiger partial charge on any atom is -0.490 e. The smallest absolute Gasteiger partial charge is 0.341 e. The number of hydrogen-bond donors (Lipinski definition) is 1. The molecule has 1 aromatic heterocycles. The van der Waals surface area contributed by atoms with Gasteiger partial charge in [-0.05, 0) is 75.5 Å². The summed E-state index contributed by atoms with van der Waals surface area (Å²) in [6.45, 7) is 4.40. The van der Waals surface area contributed by atoms with E-state index in [0.29, 0.717) is 25.7 Å². The number of hydrogen-bond acceptors (Lipinski definition) is 8. The van der Waals surface area contributed by atoms with E-state index >= 15 is 0 Å². The van der Waals surface area contributed by atoms with Crippen LogP contribution in [-0.2, 0) is 27.2 Å². The van der Waals surface area contributed by atoms with E-state index in [1.165, 1.54) is 47.3 Å². The van der Waals surface area contributed by atoms with E-state index < -0.39 is 5.97 Å². The Kier molecular flexibility index (Phi) is 9.83. The molecule has 2 heterocycles. The number of carbonyl (C=O) groups is 3. The first kappa shape index (κ1) is 29.8. The van der Waals surface area contributed by atoms with Crippen molar-refractivity contribution in [1.82, 2.24) is 4.90 Å². The monoisotopic (exact) mass is 612 g/mol. The van der Waals surface area contributed by atoms with Crippen molar-refractivity contribution < 1.29 is 23.9 Å². The van der Waals surface area contributed by atoms with Gasteiger partial charge >= 0.3 is 5.97 Å². The second-order valence-electron chi connectivity index (χ2n) is 10.8. The van der Waals surface area contributed by atoms with Crippen LogP contribution in [0, 0.1) is 5.92 Å². The van der Waals surface area contributed by atoms with Crippen LogP contribution in [0.4, 0.5) is 5.00 Å². The maximum absolute atomic E-state index is 13.3. The fourth-order valence-electron chi connectivity index (χ4n) is 5.56. The van der Waals surface area contributed by atoms with E-state index in [-0.39, 0.29) is 37.5 Å². The number of nitrogens with zero attached hydrogens (tertiary/aromatic N) is 1. The van der Waals surface area contributed by atoms with Crippen molar-refractivity contribution in [3.63, 3.8) is 0 Å². The van der Waals surface area contributed by atoms with Crippen LogP contribution >= 0.6 is 35.3 Å². The third-order valence-corrected chi connectivity index (χ3v) is 10.3. The van der Waals surface area contributed by atoms with Crippen LogP contribution in [0.2, 0.25) is 0 Å². The Labute approximate surface area is 255 Å². The fourth-order valence-corrected chi connectivity index (χ4v) is 8.28. The van der Waals surface area contributed by atoms with E-state index in [2.05, 4.69) is 12.2 Å². The number of thioether (sulfide) groups is 1. The number of fused-ring (bicyclic) bond motifs is 1. The first-order valence-corrected chi connectivity index (χ1v) is 16.5. The number of nitrogens with one attached hydrogen (secondary N) is 1. The second kappa shape index (κ2) is 13.5. The second-order valence-corrected chi connectivity index (χ2v) is 13.6. The van der Waals surface area contributed by atoms with E-state index in [0.717, 1.165) is 53.9 Å². The molecule has 0 spiro atoms. The molecule has 5 rings (SSSR count). The zero-order chi connectivity index (χ0) is 28.9. The number of carbonyl (C=O) groups excluding carboxylic acids is 3. The first-order chi connectivity index (χ1) is 19.8. The largest absolute Gasteiger partial charge is 0.490 e. The third kappa shape index (κ3) is 7.04. The number of thiocarbonyl (C=S) groups is 1. The van der Waals surface area contributed by atoms with E-state index in [1.54, 1.807) is 6.92 Å². The van der Waals surface area contributed by atoms with Gasteiger partial charge in [0, 0.05) is 23.4 Å². The lowest BCUT2D eigenvalue weighted by Gasteiger charge is -2.23. The quantitative estimate of drug-likeness (QED) is 0.186. The molecule has 0 bridgehead atoms. The number of thiophene rings is 1. The summed E-state index contributed by atoms with van der Waals surface area (Å²) in [5.74, 6) is 0.422. The predicted molar refractivity (Wildman–Crippen MR) is 169 cm³/mol. The Morgan fingerprint density at radius 2 is 1.95 bits per heavy atom. The average Bonchev–Trinajstić information content (AvgIpc) is 3.43. The molecule has 218 valence electrons. The van der Waals surface area contributed by atoms with Gasteiger partial charge in [-0.1, -0.05) is 55.5 Å². The molecule has 3 aliphatic rings. The molecule has 2 aromatic rings. The molecule has 41 heavy (non-hydrogen) atoms. The van der Waals surface area contributed by atoms with E-state index in [9.17, 15) is 14.4 Å². The minimum atomic E-state index is -0.398. The maximum atomic E-state index is 13.3. The van der Waals surface area contributed by atoms with Crippen molar-refractivity contribution in [1.29, 1.82) is 0 Å². The van der Waals surface area contributed by atoms with Crippen LogP contribution in [0.1, 0.15) is 85.2 Å². The SMILES string of the molecule is CCOC(=O)c1c(NC(=O)CCN2C(=O)/C(=C/c3ccccc3OC3CCCCC3)SC2=S)sc2c1CCC(C)C2.